The van der Waals surface area contributed by atoms with E-state index < -0.39 is 0 Å². The molecule has 1 aromatic carbocycles. The Hall–Kier alpha value is -1.34. The quantitative estimate of drug-likeness (QED) is 0.171. The average Bonchev–Trinajstić information content (AvgIpc) is 3.36. The van der Waals surface area contributed by atoms with Gasteiger partial charge < -0.3 is 0 Å². The van der Waals surface area contributed by atoms with Gasteiger partial charge in [0.2, 0.25) is 0 Å². The van der Waals surface area contributed by atoms with Crippen molar-refractivity contribution in [3.8, 4) is 0 Å². The minimum atomic E-state index is 0.438. The van der Waals surface area contributed by atoms with Gasteiger partial charge >= 0.3 is 0 Å². The van der Waals surface area contributed by atoms with E-state index in [1.54, 1.807) is 34.9 Å². The minimum absolute atomic E-state index is 0.438. The normalized spacial score (nSPS) is 13.6. The van der Waals surface area contributed by atoms with Crippen molar-refractivity contribution in [1.82, 2.24) is 15.0 Å². The van der Waals surface area contributed by atoms with Gasteiger partial charge in [-0.2, -0.15) is 0 Å². The molecular formula is C23H22ClN3S3. The fourth-order valence-corrected chi connectivity index (χ4v) is 7.14. The summed E-state index contributed by atoms with van der Waals surface area (Å²) in [5.74, 6) is 1.23. The summed E-state index contributed by atoms with van der Waals surface area (Å²) >= 11 is 11.5. The summed E-state index contributed by atoms with van der Waals surface area (Å²) in [6.45, 7) is 4.49. The maximum Gasteiger partial charge on any atom is 0.189 e. The summed E-state index contributed by atoms with van der Waals surface area (Å²) in [4.78, 5) is 16.1. The fraction of sp³-hybridized carbons (Fsp3) is 0.348. The zero-order valence-electron chi connectivity index (χ0n) is 17.2. The first-order valence-electron chi connectivity index (χ1n) is 10.1. The Morgan fingerprint density at radius 3 is 2.67 bits per heavy atom. The highest BCUT2D eigenvalue weighted by Gasteiger charge is 2.26. The molecule has 0 radical (unpaired) electrons. The van der Waals surface area contributed by atoms with Gasteiger partial charge in [-0.3, -0.25) is 0 Å². The molecule has 3 nitrogen and oxygen atoms in total. The van der Waals surface area contributed by atoms with Crippen LogP contribution in [0.1, 0.15) is 48.6 Å². The largest absolute Gasteiger partial charge is 0.241 e. The number of halogens is 1. The van der Waals surface area contributed by atoms with E-state index in [1.165, 1.54) is 28.6 Å². The maximum absolute atomic E-state index is 6.38. The van der Waals surface area contributed by atoms with Crippen LogP contribution in [0.5, 0.6) is 0 Å². The number of pyridine rings is 1. The van der Waals surface area contributed by atoms with E-state index in [0.717, 1.165) is 54.4 Å². The van der Waals surface area contributed by atoms with Crippen molar-refractivity contribution in [3.63, 3.8) is 0 Å². The highest BCUT2D eigenvalue weighted by molar-refractivity contribution is 7.99. The van der Waals surface area contributed by atoms with E-state index in [0.29, 0.717) is 5.92 Å². The van der Waals surface area contributed by atoms with Gasteiger partial charge in [-0.05, 0) is 54.2 Å². The Balaban J connectivity index is 1.69. The molecule has 0 saturated heterocycles. The molecule has 30 heavy (non-hydrogen) atoms. The van der Waals surface area contributed by atoms with Crippen LogP contribution in [0.15, 0.2) is 34.4 Å². The van der Waals surface area contributed by atoms with E-state index in [4.69, 9.17) is 26.6 Å². The zero-order valence-corrected chi connectivity index (χ0v) is 20.4. The van der Waals surface area contributed by atoms with Crippen molar-refractivity contribution in [3.05, 3.63) is 51.7 Å². The maximum atomic E-state index is 6.38. The summed E-state index contributed by atoms with van der Waals surface area (Å²) in [6, 6.07) is 8.03. The van der Waals surface area contributed by atoms with Crippen LogP contribution in [-0.2, 0) is 18.6 Å². The molecule has 0 fully saturated rings. The lowest BCUT2D eigenvalue weighted by Gasteiger charge is -2.12. The number of benzene rings is 1. The lowest BCUT2D eigenvalue weighted by molar-refractivity contribution is 0.805. The Kier molecular flexibility index (Phi) is 5.69. The molecule has 0 bridgehead atoms. The van der Waals surface area contributed by atoms with Crippen molar-refractivity contribution in [1.29, 1.82) is 0 Å². The molecule has 7 heteroatoms. The summed E-state index contributed by atoms with van der Waals surface area (Å²) in [5.41, 5.74) is 6.42. The topological polar surface area (TPSA) is 38.7 Å². The van der Waals surface area contributed by atoms with Crippen LogP contribution in [0, 0.1) is 0 Å². The van der Waals surface area contributed by atoms with E-state index >= 15 is 0 Å². The number of nitrogens with zero attached hydrogens (tertiary/aromatic N) is 3. The minimum Gasteiger partial charge on any atom is -0.241 e. The van der Waals surface area contributed by atoms with Gasteiger partial charge in [-0.15, -0.1) is 11.3 Å². The van der Waals surface area contributed by atoms with Gasteiger partial charge in [0, 0.05) is 21.9 Å². The molecule has 0 atom stereocenters. The van der Waals surface area contributed by atoms with Crippen molar-refractivity contribution < 1.29 is 0 Å². The van der Waals surface area contributed by atoms with E-state index in [2.05, 4.69) is 19.9 Å². The lowest BCUT2D eigenvalue weighted by Crippen LogP contribution is -2.00. The van der Waals surface area contributed by atoms with Crippen LogP contribution in [-0.4, -0.2) is 21.2 Å². The molecule has 0 saturated carbocycles. The fourth-order valence-electron chi connectivity index (χ4n) is 4.18. The molecule has 0 aliphatic heterocycles. The number of aromatic nitrogens is 3. The number of hydrogen-bond acceptors (Lipinski definition) is 6. The molecule has 1 aliphatic rings. The smallest absolute Gasteiger partial charge is 0.189 e. The summed E-state index contributed by atoms with van der Waals surface area (Å²) in [7, 11) is 0. The summed E-state index contributed by atoms with van der Waals surface area (Å²) in [5, 5.41) is 3.93. The SMILES string of the molecule is CSc1nc(SCc2ccccc2Cl)c2sc3nc(C(C)C)c4c(c3c2n1)CCC4. The number of rotatable bonds is 5. The van der Waals surface area contributed by atoms with E-state index in [9.17, 15) is 0 Å². The Bertz CT molecular complexity index is 1270. The van der Waals surface area contributed by atoms with Crippen molar-refractivity contribution in [2.24, 2.45) is 0 Å². The van der Waals surface area contributed by atoms with Gasteiger partial charge in [0.25, 0.3) is 0 Å². The number of thiophene rings is 1. The second-order valence-corrected chi connectivity index (χ2v) is 11.0. The number of fused-ring (bicyclic) bond motifs is 5. The van der Waals surface area contributed by atoms with Crippen LogP contribution in [0.3, 0.4) is 0 Å². The average molecular weight is 472 g/mol. The predicted molar refractivity (Wildman–Crippen MR) is 132 cm³/mol. The second kappa shape index (κ2) is 8.30. The van der Waals surface area contributed by atoms with Gasteiger partial charge in [0.15, 0.2) is 5.16 Å². The molecule has 154 valence electrons. The molecule has 1 aliphatic carbocycles. The molecule has 0 N–H and O–H groups in total. The zero-order chi connectivity index (χ0) is 20.8. The second-order valence-electron chi connectivity index (χ2n) is 7.82. The third kappa shape index (κ3) is 3.52. The first-order chi connectivity index (χ1) is 14.6. The number of aryl methyl sites for hydroxylation is 1. The highest BCUT2D eigenvalue weighted by atomic mass is 35.5. The first kappa shape index (κ1) is 20.6. The molecule has 0 unspecified atom stereocenters. The summed E-state index contributed by atoms with van der Waals surface area (Å²) in [6.07, 6.45) is 5.51. The third-order valence-corrected chi connectivity index (χ3v) is 8.72. The van der Waals surface area contributed by atoms with Crippen LogP contribution in [0.2, 0.25) is 5.02 Å². The molecular weight excluding hydrogens is 450 g/mol. The van der Waals surface area contributed by atoms with Gasteiger partial charge in [-0.1, -0.05) is 67.2 Å². The predicted octanol–water partition coefficient (Wildman–Crippen LogP) is 7.52. The van der Waals surface area contributed by atoms with Gasteiger partial charge in [-0.25, -0.2) is 15.0 Å². The third-order valence-electron chi connectivity index (χ3n) is 5.57. The molecule has 3 heterocycles. The van der Waals surface area contributed by atoms with Gasteiger partial charge in [0.05, 0.1) is 10.2 Å². The molecule has 0 spiro atoms. The van der Waals surface area contributed by atoms with Crippen LogP contribution in [0.4, 0.5) is 0 Å². The number of hydrogen-bond donors (Lipinski definition) is 0. The van der Waals surface area contributed by atoms with Crippen molar-refractivity contribution in [2.45, 2.75) is 55.0 Å². The van der Waals surface area contributed by atoms with E-state index in [-0.39, 0.29) is 0 Å². The highest BCUT2D eigenvalue weighted by Crippen LogP contribution is 2.44. The standard InChI is InChI=1S/C23H22ClN3S3/c1-12(2)18-15-9-6-8-14(15)17-19-20(30-21(17)25-18)22(27-23(26-19)28-3)29-11-13-7-4-5-10-16(13)24/h4-5,7,10,12H,6,8-9,11H2,1-3H3. The van der Waals surface area contributed by atoms with Crippen molar-refractivity contribution >= 4 is 66.9 Å². The molecule has 0 amide bonds. The summed E-state index contributed by atoms with van der Waals surface area (Å²) < 4.78 is 1.15. The Labute approximate surface area is 194 Å². The van der Waals surface area contributed by atoms with Crippen LogP contribution < -0.4 is 0 Å². The monoisotopic (exact) mass is 471 g/mol. The van der Waals surface area contributed by atoms with Crippen LogP contribution >= 0.6 is 46.5 Å². The Morgan fingerprint density at radius 1 is 1.10 bits per heavy atom. The van der Waals surface area contributed by atoms with E-state index in [1.807, 2.05) is 24.5 Å². The van der Waals surface area contributed by atoms with Crippen molar-refractivity contribution in [2.75, 3.05) is 6.26 Å². The molecule has 5 rings (SSSR count). The Morgan fingerprint density at radius 2 is 1.90 bits per heavy atom. The van der Waals surface area contributed by atoms with Gasteiger partial charge in [0.1, 0.15) is 9.86 Å². The van der Waals surface area contributed by atoms with Crippen LogP contribution in [0.25, 0.3) is 20.4 Å². The molecule has 4 aromatic rings. The lowest BCUT2D eigenvalue weighted by atomic mass is 9.99. The number of thioether (sulfide) groups is 2. The molecule has 3 aromatic heterocycles. The first-order valence-corrected chi connectivity index (χ1v) is 13.5.